The molecule has 6 heteroatoms. The van der Waals surface area contributed by atoms with E-state index in [0.717, 1.165) is 30.0 Å². The van der Waals surface area contributed by atoms with E-state index in [1.54, 1.807) is 19.5 Å². The maximum Gasteiger partial charge on any atom is 0.317 e. The van der Waals surface area contributed by atoms with Crippen LogP contribution in [-0.4, -0.2) is 42.2 Å². The molecule has 126 valence electrons. The van der Waals surface area contributed by atoms with Gasteiger partial charge in [0.1, 0.15) is 5.75 Å². The Kier molecular flexibility index (Phi) is 5.15. The maximum atomic E-state index is 12.3. The zero-order chi connectivity index (χ0) is 16.8. The molecular formula is C18H22N4O2. The molecule has 0 spiro atoms. The lowest BCUT2D eigenvalue weighted by Crippen LogP contribution is -2.39. The average Bonchev–Trinajstić information content (AvgIpc) is 3.09. The minimum atomic E-state index is -0.0340. The van der Waals surface area contributed by atoms with E-state index in [0.29, 0.717) is 13.1 Å². The Labute approximate surface area is 141 Å². The van der Waals surface area contributed by atoms with Crippen LogP contribution in [0.25, 0.3) is 0 Å². The molecule has 0 bridgehead atoms. The molecule has 1 fully saturated rings. The largest absolute Gasteiger partial charge is 0.497 e. The predicted molar refractivity (Wildman–Crippen MR) is 93.1 cm³/mol. The predicted octanol–water partition coefficient (Wildman–Crippen LogP) is 2.49. The Hall–Kier alpha value is -2.76. The number of hydrogen-bond donors (Lipinski definition) is 2. The van der Waals surface area contributed by atoms with Gasteiger partial charge in [-0.1, -0.05) is 12.1 Å². The van der Waals surface area contributed by atoms with Gasteiger partial charge in [0.25, 0.3) is 0 Å². The van der Waals surface area contributed by atoms with Crippen molar-refractivity contribution < 1.29 is 9.53 Å². The van der Waals surface area contributed by atoms with Crippen molar-refractivity contribution in [3.63, 3.8) is 0 Å². The molecule has 1 saturated heterocycles. The number of carbonyl (C=O) groups is 1. The lowest BCUT2D eigenvalue weighted by Gasteiger charge is -2.18. The van der Waals surface area contributed by atoms with E-state index in [1.807, 2.05) is 41.3 Å². The molecular weight excluding hydrogens is 304 g/mol. The zero-order valence-electron chi connectivity index (χ0n) is 13.7. The summed E-state index contributed by atoms with van der Waals surface area (Å²) in [7, 11) is 1.64. The second-order valence-electron chi connectivity index (χ2n) is 5.83. The molecule has 2 N–H and O–H groups in total. The lowest BCUT2D eigenvalue weighted by atomic mass is 10.2. The molecule has 1 aliphatic heterocycles. The van der Waals surface area contributed by atoms with Crippen LogP contribution in [0.1, 0.15) is 12.0 Å². The summed E-state index contributed by atoms with van der Waals surface area (Å²) in [5, 5.41) is 6.38. The van der Waals surface area contributed by atoms with Gasteiger partial charge in [-0.05, 0) is 36.2 Å². The van der Waals surface area contributed by atoms with Gasteiger partial charge in [-0.15, -0.1) is 0 Å². The Balaban J connectivity index is 1.47. The SMILES string of the molecule is COc1cccc(CNC(=O)N2CC[C@H](Nc3cccnc3)C2)c1. The standard InChI is InChI=1S/C18H22N4O2/c1-24-17-6-2-4-14(10-17)11-20-18(23)22-9-7-16(13-22)21-15-5-3-8-19-12-15/h2-6,8,10,12,16,21H,7,9,11,13H2,1H3,(H,20,23)/t16-/m0/s1. The van der Waals surface area contributed by atoms with E-state index in [1.165, 1.54) is 0 Å². The highest BCUT2D eigenvalue weighted by atomic mass is 16.5. The van der Waals surface area contributed by atoms with Crippen molar-refractivity contribution >= 4 is 11.7 Å². The lowest BCUT2D eigenvalue weighted by molar-refractivity contribution is 0.208. The summed E-state index contributed by atoms with van der Waals surface area (Å²) in [6, 6.07) is 11.8. The first-order chi connectivity index (χ1) is 11.7. The number of benzene rings is 1. The summed E-state index contributed by atoms with van der Waals surface area (Å²) in [4.78, 5) is 18.2. The van der Waals surface area contributed by atoms with Crippen molar-refractivity contribution in [2.24, 2.45) is 0 Å². The third-order valence-corrected chi connectivity index (χ3v) is 4.09. The van der Waals surface area contributed by atoms with Crippen LogP contribution in [-0.2, 0) is 6.54 Å². The van der Waals surface area contributed by atoms with Crippen LogP contribution < -0.4 is 15.4 Å². The number of pyridine rings is 1. The quantitative estimate of drug-likeness (QED) is 0.886. The van der Waals surface area contributed by atoms with Gasteiger partial charge >= 0.3 is 6.03 Å². The highest BCUT2D eigenvalue weighted by Crippen LogP contribution is 2.16. The Morgan fingerprint density at radius 1 is 1.38 bits per heavy atom. The Morgan fingerprint density at radius 2 is 2.29 bits per heavy atom. The summed E-state index contributed by atoms with van der Waals surface area (Å²) in [6.07, 6.45) is 4.48. The fraction of sp³-hybridized carbons (Fsp3) is 0.333. The number of urea groups is 1. The van der Waals surface area contributed by atoms with Gasteiger partial charge in [0, 0.05) is 38.1 Å². The first-order valence-corrected chi connectivity index (χ1v) is 8.07. The number of anilines is 1. The van der Waals surface area contributed by atoms with E-state index in [2.05, 4.69) is 15.6 Å². The highest BCUT2D eigenvalue weighted by Gasteiger charge is 2.25. The van der Waals surface area contributed by atoms with E-state index < -0.39 is 0 Å². The van der Waals surface area contributed by atoms with Crippen molar-refractivity contribution in [1.29, 1.82) is 0 Å². The van der Waals surface area contributed by atoms with Crippen molar-refractivity contribution in [3.05, 3.63) is 54.4 Å². The number of methoxy groups -OCH3 is 1. The summed E-state index contributed by atoms with van der Waals surface area (Å²) < 4.78 is 5.20. The molecule has 0 saturated carbocycles. The minimum Gasteiger partial charge on any atom is -0.497 e. The highest BCUT2D eigenvalue weighted by molar-refractivity contribution is 5.74. The van der Waals surface area contributed by atoms with Crippen LogP contribution in [0.5, 0.6) is 5.75 Å². The molecule has 2 amide bonds. The van der Waals surface area contributed by atoms with Crippen molar-refractivity contribution in [2.75, 3.05) is 25.5 Å². The summed E-state index contributed by atoms with van der Waals surface area (Å²) in [5.41, 5.74) is 2.01. The molecule has 2 heterocycles. The van der Waals surface area contributed by atoms with Crippen LogP contribution in [0.3, 0.4) is 0 Å². The molecule has 6 nitrogen and oxygen atoms in total. The molecule has 0 radical (unpaired) electrons. The number of likely N-dealkylation sites (tertiary alicyclic amines) is 1. The third kappa shape index (κ3) is 4.16. The molecule has 0 unspecified atom stereocenters. The van der Waals surface area contributed by atoms with E-state index in [-0.39, 0.29) is 12.1 Å². The zero-order valence-corrected chi connectivity index (χ0v) is 13.7. The first-order valence-electron chi connectivity index (χ1n) is 8.07. The summed E-state index contributed by atoms with van der Waals surface area (Å²) >= 11 is 0. The number of ether oxygens (including phenoxy) is 1. The number of aromatic nitrogens is 1. The number of nitrogens with zero attached hydrogens (tertiary/aromatic N) is 2. The van der Waals surface area contributed by atoms with Crippen LogP contribution >= 0.6 is 0 Å². The van der Waals surface area contributed by atoms with Crippen molar-refractivity contribution in [2.45, 2.75) is 19.0 Å². The van der Waals surface area contributed by atoms with Crippen LogP contribution in [0.15, 0.2) is 48.8 Å². The molecule has 3 rings (SSSR count). The minimum absolute atomic E-state index is 0.0340. The van der Waals surface area contributed by atoms with Gasteiger partial charge in [-0.2, -0.15) is 0 Å². The summed E-state index contributed by atoms with van der Waals surface area (Å²) in [6.45, 7) is 1.94. The normalized spacial score (nSPS) is 16.7. The Bertz CT molecular complexity index is 678. The number of carbonyl (C=O) groups excluding carboxylic acids is 1. The smallest absolute Gasteiger partial charge is 0.317 e. The number of amides is 2. The maximum absolute atomic E-state index is 12.3. The van der Waals surface area contributed by atoms with Crippen LogP contribution in [0.4, 0.5) is 10.5 Å². The average molecular weight is 326 g/mol. The second kappa shape index (κ2) is 7.68. The number of rotatable bonds is 5. The molecule has 1 aromatic carbocycles. The van der Waals surface area contributed by atoms with Gasteiger partial charge in [-0.3, -0.25) is 4.98 Å². The van der Waals surface area contributed by atoms with Crippen LogP contribution in [0, 0.1) is 0 Å². The van der Waals surface area contributed by atoms with Crippen molar-refractivity contribution in [1.82, 2.24) is 15.2 Å². The van der Waals surface area contributed by atoms with E-state index >= 15 is 0 Å². The van der Waals surface area contributed by atoms with Gasteiger partial charge < -0.3 is 20.3 Å². The summed E-state index contributed by atoms with van der Waals surface area (Å²) in [5.74, 6) is 0.795. The van der Waals surface area contributed by atoms with Gasteiger partial charge in [0.15, 0.2) is 0 Å². The molecule has 2 aromatic rings. The van der Waals surface area contributed by atoms with Gasteiger partial charge in [0.2, 0.25) is 0 Å². The number of nitrogens with one attached hydrogen (secondary N) is 2. The molecule has 24 heavy (non-hydrogen) atoms. The fourth-order valence-electron chi connectivity index (χ4n) is 2.82. The molecule has 1 aliphatic rings. The molecule has 1 atom stereocenters. The first kappa shape index (κ1) is 16.1. The van der Waals surface area contributed by atoms with E-state index in [9.17, 15) is 4.79 Å². The van der Waals surface area contributed by atoms with Crippen molar-refractivity contribution in [3.8, 4) is 5.75 Å². The van der Waals surface area contributed by atoms with Gasteiger partial charge in [-0.25, -0.2) is 4.79 Å². The number of hydrogen-bond acceptors (Lipinski definition) is 4. The van der Waals surface area contributed by atoms with E-state index in [4.69, 9.17) is 4.74 Å². The fourth-order valence-corrected chi connectivity index (χ4v) is 2.82. The third-order valence-electron chi connectivity index (χ3n) is 4.09. The van der Waals surface area contributed by atoms with Crippen LogP contribution in [0.2, 0.25) is 0 Å². The molecule has 0 aliphatic carbocycles. The Morgan fingerprint density at radius 3 is 3.08 bits per heavy atom. The molecule has 1 aromatic heterocycles. The van der Waals surface area contributed by atoms with Gasteiger partial charge in [0.05, 0.1) is 12.8 Å². The topological polar surface area (TPSA) is 66.5 Å². The second-order valence-corrected chi connectivity index (χ2v) is 5.83. The monoisotopic (exact) mass is 326 g/mol.